The number of anilines is 1. The number of hydrogen-bond acceptors (Lipinski definition) is 1. The molecule has 1 atom stereocenters. The highest BCUT2D eigenvalue weighted by Gasteiger charge is 2.12. The monoisotopic (exact) mass is 279 g/mol. The maximum absolute atomic E-state index is 13.3. The summed E-state index contributed by atoms with van der Waals surface area (Å²) in [5, 5.41) is 2.40. The molecule has 0 heterocycles. The molecule has 0 aromatic heterocycles. The topological polar surface area (TPSA) is 29.1 Å². The van der Waals surface area contributed by atoms with Crippen LogP contribution in [-0.4, -0.2) is 10.7 Å². The van der Waals surface area contributed by atoms with Gasteiger partial charge in [-0.25, -0.2) is 4.39 Å². The van der Waals surface area contributed by atoms with Crippen LogP contribution < -0.4 is 5.32 Å². The van der Waals surface area contributed by atoms with E-state index < -0.39 is 5.82 Å². The molecule has 76 valence electrons. The van der Waals surface area contributed by atoms with Crippen LogP contribution in [-0.2, 0) is 4.79 Å². The summed E-state index contributed by atoms with van der Waals surface area (Å²) in [4.78, 5) is 10.8. The van der Waals surface area contributed by atoms with Crippen LogP contribution in [0.1, 0.15) is 6.92 Å². The summed E-state index contributed by atoms with van der Waals surface area (Å²) in [6.45, 7) is 1.65. The zero-order chi connectivity index (χ0) is 10.7. The van der Waals surface area contributed by atoms with Gasteiger partial charge in [-0.15, -0.1) is 0 Å². The van der Waals surface area contributed by atoms with E-state index in [1.807, 2.05) is 0 Å². The number of carbonyl (C=O) groups is 1. The highest BCUT2D eigenvalue weighted by Crippen LogP contribution is 2.22. The number of alkyl halides is 1. The quantitative estimate of drug-likeness (QED) is 0.828. The molecule has 14 heavy (non-hydrogen) atoms. The number of rotatable bonds is 2. The lowest BCUT2D eigenvalue weighted by Gasteiger charge is -2.07. The van der Waals surface area contributed by atoms with Crippen molar-refractivity contribution in [3.63, 3.8) is 0 Å². The Morgan fingerprint density at radius 3 is 2.86 bits per heavy atom. The molecule has 0 saturated heterocycles. The first-order valence-electron chi connectivity index (χ1n) is 3.91. The minimum Gasteiger partial charge on any atom is -0.323 e. The fraction of sp³-hybridized carbons (Fsp3) is 0.222. The fourth-order valence-corrected chi connectivity index (χ4v) is 1.12. The smallest absolute Gasteiger partial charge is 0.237 e. The van der Waals surface area contributed by atoms with Gasteiger partial charge < -0.3 is 5.32 Å². The van der Waals surface area contributed by atoms with Gasteiger partial charge in [-0.05, 0) is 19.1 Å². The summed E-state index contributed by atoms with van der Waals surface area (Å²) in [5.41, 5.74) is 0.0915. The van der Waals surface area contributed by atoms with Gasteiger partial charge in [0.15, 0.2) is 5.82 Å². The summed E-state index contributed by atoms with van der Waals surface area (Å²) in [5.74, 6) is -0.929. The summed E-state index contributed by atoms with van der Waals surface area (Å²) in [6.07, 6.45) is 0. The molecular formula is C9H8BrClFNO. The van der Waals surface area contributed by atoms with Crippen molar-refractivity contribution < 1.29 is 9.18 Å². The minimum atomic E-state index is -0.615. The van der Waals surface area contributed by atoms with Crippen LogP contribution >= 0.6 is 27.5 Å². The number of nitrogens with one attached hydrogen (secondary N) is 1. The number of amides is 1. The van der Waals surface area contributed by atoms with E-state index in [4.69, 9.17) is 11.6 Å². The van der Waals surface area contributed by atoms with Gasteiger partial charge in [0.25, 0.3) is 0 Å². The molecule has 1 aromatic carbocycles. The maximum Gasteiger partial charge on any atom is 0.237 e. The highest BCUT2D eigenvalue weighted by molar-refractivity contribution is 9.10. The Balaban J connectivity index is 2.87. The second kappa shape index (κ2) is 4.75. The molecule has 1 unspecified atom stereocenters. The van der Waals surface area contributed by atoms with Crippen LogP contribution in [0.25, 0.3) is 0 Å². The summed E-state index contributed by atoms with van der Waals surface area (Å²) in [7, 11) is 0. The van der Waals surface area contributed by atoms with Gasteiger partial charge in [0.05, 0.1) is 15.5 Å². The van der Waals surface area contributed by atoms with Crippen LogP contribution in [0.2, 0.25) is 5.02 Å². The van der Waals surface area contributed by atoms with E-state index in [1.165, 1.54) is 12.1 Å². The molecule has 5 heteroatoms. The van der Waals surface area contributed by atoms with Crippen molar-refractivity contribution in [2.45, 2.75) is 11.8 Å². The van der Waals surface area contributed by atoms with Crippen LogP contribution in [0.5, 0.6) is 0 Å². The number of carbonyl (C=O) groups excluding carboxylic acids is 1. The Morgan fingerprint density at radius 1 is 1.64 bits per heavy atom. The average Bonchev–Trinajstić information content (AvgIpc) is 2.12. The van der Waals surface area contributed by atoms with Gasteiger partial charge in [0.2, 0.25) is 5.91 Å². The maximum atomic E-state index is 13.3. The van der Waals surface area contributed by atoms with E-state index in [2.05, 4.69) is 21.2 Å². The van der Waals surface area contributed by atoms with Gasteiger partial charge in [0, 0.05) is 0 Å². The van der Waals surface area contributed by atoms with Crippen molar-refractivity contribution in [1.29, 1.82) is 0 Å². The Labute approximate surface area is 94.6 Å². The zero-order valence-electron chi connectivity index (χ0n) is 7.35. The minimum absolute atomic E-state index is 0.00924. The van der Waals surface area contributed by atoms with Gasteiger partial charge >= 0.3 is 0 Å². The van der Waals surface area contributed by atoms with E-state index in [9.17, 15) is 9.18 Å². The fourth-order valence-electron chi connectivity index (χ4n) is 0.833. The molecule has 1 rings (SSSR count). The van der Waals surface area contributed by atoms with Crippen LogP contribution in [0.15, 0.2) is 18.2 Å². The van der Waals surface area contributed by atoms with Crippen molar-refractivity contribution >= 4 is 39.1 Å². The second-order valence-corrected chi connectivity index (χ2v) is 4.49. The lowest BCUT2D eigenvalue weighted by molar-refractivity contribution is -0.115. The molecule has 1 amide bonds. The third-order valence-corrected chi connectivity index (χ3v) is 2.28. The van der Waals surface area contributed by atoms with Gasteiger partial charge in [-0.2, -0.15) is 0 Å². The molecule has 0 spiro atoms. The summed E-state index contributed by atoms with van der Waals surface area (Å²) >= 11 is 8.61. The first-order valence-corrected chi connectivity index (χ1v) is 5.20. The molecule has 0 fully saturated rings. The molecule has 0 aliphatic rings. The summed E-state index contributed by atoms with van der Waals surface area (Å²) in [6, 6.07) is 4.44. The first-order chi connectivity index (χ1) is 6.52. The Hall–Kier alpha value is -0.610. The molecule has 1 N–H and O–H groups in total. The normalized spacial score (nSPS) is 12.3. The Morgan fingerprint density at radius 2 is 2.29 bits per heavy atom. The molecule has 2 nitrogen and oxygen atoms in total. The molecule has 1 aromatic rings. The predicted molar refractivity (Wildman–Crippen MR) is 58.4 cm³/mol. The van der Waals surface area contributed by atoms with Crippen molar-refractivity contribution in [2.75, 3.05) is 5.32 Å². The Kier molecular flexibility index (Phi) is 3.89. The second-order valence-electron chi connectivity index (χ2n) is 2.71. The molecule has 0 bridgehead atoms. The number of benzene rings is 1. The number of hydrogen-bond donors (Lipinski definition) is 1. The van der Waals surface area contributed by atoms with Gasteiger partial charge in [-0.1, -0.05) is 33.6 Å². The molecule has 0 aliphatic carbocycles. The predicted octanol–water partition coefficient (Wildman–Crippen LogP) is 3.20. The van der Waals surface area contributed by atoms with Crippen LogP contribution in [0.4, 0.5) is 10.1 Å². The zero-order valence-corrected chi connectivity index (χ0v) is 9.69. The lowest BCUT2D eigenvalue weighted by atomic mass is 10.3. The van der Waals surface area contributed by atoms with Crippen molar-refractivity contribution in [3.8, 4) is 0 Å². The number of halogens is 3. The molecular weight excluding hydrogens is 272 g/mol. The van der Waals surface area contributed by atoms with E-state index in [1.54, 1.807) is 13.0 Å². The van der Waals surface area contributed by atoms with Gasteiger partial charge in [0.1, 0.15) is 0 Å². The van der Waals surface area contributed by atoms with E-state index in [0.717, 1.165) is 0 Å². The average molecular weight is 281 g/mol. The first kappa shape index (κ1) is 11.5. The van der Waals surface area contributed by atoms with E-state index >= 15 is 0 Å². The summed E-state index contributed by atoms with van der Waals surface area (Å²) < 4.78 is 13.3. The van der Waals surface area contributed by atoms with E-state index in [0.29, 0.717) is 0 Å². The third kappa shape index (κ3) is 2.69. The highest BCUT2D eigenvalue weighted by atomic mass is 79.9. The van der Waals surface area contributed by atoms with Crippen LogP contribution in [0.3, 0.4) is 0 Å². The molecule has 0 radical (unpaired) electrons. The Bertz CT molecular complexity index is 357. The van der Waals surface area contributed by atoms with Crippen molar-refractivity contribution in [2.24, 2.45) is 0 Å². The molecule has 0 aliphatic heterocycles. The SMILES string of the molecule is CC(Br)C(=O)Nc1cccc(Cl)c1F. The van der Waals surface area contributed by atoms with Crippen molar-refractivity contribution in [3.05, 3.63) is 29.0 Å². The van der Waals surface area contributed by atoms with Gasteiger partial charge in [-0.3, -0.25) is 4.79 Å². The van der Waals surface area contributed by atoms with Crippen molar-refractivity contribution in [1.82, 2.24) is 0 Å². The third-order valence-electron chi connectivity index (χ3n) is 1.57. The molecule has 0 saturated carbocycles. The van der Waals surface area contributed by atoms with E-state index in [-0.39, 0.29) is 21.4 Å². The lowest BCUT2D eigenvalue weighted by Crippen LogP contribution is -2.20. The van der Waals surface area contributed by atoms with Crippen LogP contribution in [0, 0.1) is 5.82 Å². The largest absolute Gasteiger partial charge is 0.323 e. The standard InChI is InChI=1S/C9H8BrClFNO/c1-5(10)9(14)13-7-4-2-3-6(11)8(7)12/h2-5H,1H3,(H,13,14).